The first-order valence-electron chi connectivity index (χ1n) is 9.44. The molecule has 0 radical (unpaired) electrons. The molecule has 3 aromatic rings. The van der Waals surface area contributed by atoms with E-state index in [4.69, 9.17) is 20.9 Å². The Labute approximate surface area is 174 Å². The van der Waals surface area contributed by atoms with Gasteiger partial charge in [0.05, 0.1) is 6.61 Å². The molecule has 2 heterocycles. The molecular formula is C21H23ClN4O3. The van der Waals surface area contributed by atoms with Crippen LogP contribution in [-0.2, 0) is 4.79 Å². The molecule has 7 nitrogen and oxygen atoms in total. The number of carbonyl (C=O) groups is 1. The molecule has 8 heteroatoms. The van der Waals surface area contributed by atoms with Crippen LogP contribution in [0.2, 0.25) is 5.02 Å². The highest BCUT2D eigenvalue weighted by Crippen LogP contribution is 2.23. The summed E-state index contributed by atoms with van der Waals surface area (Å²) in [4.78, 5) is 20.8. The molecule has 1 unspecified atom stereocenters. The van der Waals surface area contributed by atoms with E-state index in [9.17, 15) is 4.79 Å². The van der Waals surface area contributed by atoms with Gasteiger partial charge in [0.1, 0.15) is 11.8 Å². The summed E-state index contributed by atoms with van der Waals surface area (Å²) in [7, 11) is 0. The van der Waals surface area contributed by atoms with Gasteiger partial charge >= 0.3 is 0 Å². The van der Waals surface area contributed by atoms with Crippen molar-refractivity contribution in [2.75, 3.05) is 6.61 Å². The van der Waals surface area contributed by atoms with Gasteiger partial charge in [-0.3, -0.25) is 9.78 Å². The number of nitrogens with zero attached hydrogens (tertiary/aromatic N) is 3. The topological polar surface area (TPSA) is 90.1 Å². The molecule has 0 spiro atoms. The molecule has 1 N–H and O–H groups in total. The fraction of sp³-hybridized carbons (Fsp3) is 0.333. The number of hydrogen-bond acceptors (Lipinski definition) is 6. The Morgan fingerprint density at radius 1 is 1.17 bits per heavy atom. The van der Waals surface area contributed by atoms with Crippen molar-refractivity contribution in [1.82, 2.24) is 20.4 Å². The van der Waals surface area contributed by atoms with E-state index in [2.05, 4.69) is 20.4 Å². The van der Waals surface area contributed by atoms with Gasteiger partial charge in [-0.05, 0) is 48.7 Å². The standard InChI is InChI=1S/C21H23ClN4O3/c1-14(2)19(21-25-20(26-29-21)15-9-11-23-12-10-15)24-18(27)4-3-13-28-17-7-5-16(22)6-8-17/h5-12,14,19H,3-4,13H2,1-2H3,(H,24,27). The Balaban J connectivity index is 1.51. The average Bonchev–Trinajstić information content (AvgIpc) is 3.21. The lowest BCUT2D eigenvalue weighted by atomic mass is 10.0. The Morgan fingerprint density at radius 2 is 1.90 bits per heavy atom. The lowest BCUT2D eigenvalue weighted by Gasteiger charge is -2.18. The molecule has 0 saturated carbocycles. The normalized spacial score (nSPS) is 12.0. The zero-order chi connectivity index (χ0) is 20.6. The largest absolute Gasteiger partial charge is 0.494 e. The minimum Gasteiger partial charge on any atom is -0.494 e. The van der Waals surface area contributed by atoms with Crippen LogP contribution in [0.5, 0.6) is 5.75 Å². The number of nitrogens with one attached hydrogen (secondary N) is 1. The van der Waals surface area contributed by atoms with Crippen molar-refractivity contribution < 1.29 is 14.1 Å². The zero-order valence-electron chi connectivity index (χ0n) is 16.3. The molecule has 3 rings (SSSR count). The van der Waals surface area contributed by atoms with Crippen LogP contribution < -0.4 is 10.1 Å². The van der Waals surface area contributed by atoms with Crippen molar-refractivity contribution in [3.63, 3.8) is 0 Å². The van der Waals surface area contributed by atoms with E-state index in [1.165, 1.54) is 0 Å². The van der Waals surface area contributed by atoms with Gasteiger partial charge in [0.25, 0.3) is 0 Å². The second kappa shape index (κ2) is 10.0. The van der Waals surface area contributed by atoms with Crippen molar-refractivity contribution >= 4 is 17.5 Å². The Morgan fingerprint density at radius 3 is 2.59 bits per heavy atom. The molecule has 1 amide bonds. The quantitative estimate of drug-likeness (QED) is 0.520. The third kappa shape index (κ3) is 6.02. The summed E-state index contributed by atoms with van der Waals surface area (Å²) >= 11 is 5.85. The third-order valence-electron chi connectivity index (χ3n) is 4.26. The molecule has 1 aromatic carbocycles. The van der Waals surface area contributed by atoms with Gasteiger partial charge in [-0.25, -0.2) is 0 Å². The lowest BCUT2D eigenvalue weighted by molar-refractivity contribution is -0.122. The number of pyridine rings is 1. The fourth-order valence-electron chi connectivity index (χ4n) is 2.69. The van der Waals surface area contributed by atoms with Crippen LogP contribution in [-0.4, -0.2) is 27.6 Å². The molecule has 0 bridgehead atoms. The first-order chi connectivity index (χ1) is 14.0. The van der Waals surface area contributed by atoms with Crippen molar-refractivity contribution in [3.8, 4) is 17.1 Å². The Kier molecular flexibility index (Phi) is 7.19. The van der Waals surface area contributed by atoms with E-state index in [1.807, 2.05) is 13.8 Å². The maximum absolute atomic E-state index is 12.4. The predicted octanol–water partition coefficient (Wildman–Crippen LogP) is 4.46. The van der Waals surface area contributed by atoms with Crippen molar-refractivity contribution in [3.05, 3.63) is 59.7 Å². The van der Waals surface area contributed by atoms with E-state index in [1.54, 1.807) is 48.8 Å². The minimum absolute atomic E-state index is 0.0907. The van der Waals surface area contributed by atoms with E-state index < -0.39 is 0 Å². The molecule has 0 aliphatic rings. The highest BCUT2D eigenvalue weighted by molar-refractivity contribution is 6.30. The van der Waals surface area contributed by atoms with Gasteiger partial charge in [-0.15, -0.1) is 0 Å². The summed E-state index contributed by atoms with van der Waals surface area (Å²) in [5.41, 5.74) is 0.809. The van der Waals surface area contributed by atoms with Crippen LogP contribution in [0.15, 0.2) is 53.3 Å². The number of aromatic nitrogens is 3. The molecule has 152 valence electrons. The number of carbonyl (C=O) groups excluding carboxylic acids is 1. The molecule has 0 aliphatic carbocycles. The molecule has 2 aromatic heterocycles. The summed E-state index contributed by atoms with van der Waals surface area (Å²) in [6, 6.07) is 10.4. The van der Waals surface area contributed by atoms with Gasteiger partial charge in [-0.1, -0.05) is 30.6 Å². The first kappa shape index (κ1) is 20.8. The van der Waals surface area contributed by atoms with E-state index in [0.717, 1.165) is 11.3 Å². The Hall–Kier alpha value is -2.93. The first-order valence-corrected chi connectivity index (χ1v) is 9.82. The minimum atomic E-state index is -0.359. The second-order valence-electron chi connectivity index (χ2n) is 6.89. The maximum Gasteiger partial charge on any atom is 0.249 e. The smallest absolute Gasteiger partial charge is 0.249 e. The summed E-state index contributed by atoms with van der Waals surface area (Å²) in [6.45, 7) is 4.42. The van der Waals surface area contributed by atoms with Crippen LogP contribution in [0.25, 0.3) is 11.4 Å². The van der Waals surface area contributed by atoms with Crippen molar-refractivity contribution in [2.24, 2.45) is 5.92 Å². The predicted molar refractivity (Wildman–Crippen MR) is 109 cm³/mol. The number of rotatable bonds is 9. The van der Waals surface area contributed by atoms with Crippen LogP contribution in [0.3, 0.4) is 0 Å². The Bertz CT molecular complexity index is 913. The fourth-order valence-corrected chi connectivity index (χ4v) is 2.82. The molecule has 0 saturated heterocycles. The van der Waals surface area contributed by atoms with E-state index in [-0.39, 0.29) is 17.9 Å². The van der Waals surface area contributed by atoms with E-state index in [0.29, 0.717) is 36.2 Å². The lowest BCUT2D eigenvalue weighted by Crippen LogP contribution is -2.32. The molecular weight excluding hydrogens is 392 g/mol. The summed E-state index contributed by atoms with van der Waals surface area (Å²) in [6.07, 6.45) is 4.26. The molecule has 1 atom stereocenters. The van der Waals surface area contributed by atoms with Gasteiger partial charge in [0, 0.05) is 29.4 Å². The number of ether oxygens (including phenoxy) is 1. The SMILES string of the molecule is CC(C)C(NC(=O)CCCOc1ccc(Cl)cc1)c1nc(-c2ccncc2)no1. The number of benzene rings is 1. The monoisotopic (exact) mass is 414 g/mol. The second-order valence-corrected chi connectivity index (χ2v) is 7.32. The molecule has 0 fully saturated rings. The van der Waals surface area contributed by atoms with Gasteiger partial charge < -0.3 is 14.6 Å². The number of hydrogen-bond donors (Lipinski definition) is 1. The van der Waals surface area contributed by atoms with Crippen molar-refractivity contribution in [2.45, 2.75) is 32.7 Å². The van der Waals surface area contributed by atoms with Crippen LogP contribution in [0.4, 0.5) is 0 Å². The molecule has 0 aliphatic heterocycles. The highest BCUT2D eigenvalue weighted by atomic mass is 35.5. The summed E-state index contributed by atoms with van der Waals surface area (Å²) in [5, 5.41) is 7.66. The van der Waals surface area contributed by atoms with Gasteiger partial charge in [0.15, 0.2) is 0 Å². The molecule has 29 heavy (non-hydrogen) atoms. The van der Waals surface area contributed by atoms with Crippen LogP contribution in [0, 0.1) is 5.92 Å². The highest BCUT2D eigenvalue weighted by Gasteiger charge is 2.24. The number of halogens is 1. The van der Waals surface area contributed by atoms with Gasteiger partial charge in [-0.2, -0.15) is 4.98 Å². The third-order valence-corrected chi connectivity index (χ3v) is 4.51. The van der Waals surface area contributed by atoms with E-state index >= 15 is 0 Å². The van der Waals surface area contributed by atoms with Crippen LogP contribution in [0.1, 0.15) is 38.6 Å². The summed E-state index contributed by atoms with van der Waals surface area (Å²) in [5.74, 6) is 1.59. The average molecular weight is 415 g/mol. The maximum atomic E-state index is 12.4. The summed E-state index contributed by atoms with van der Waals surface area (Å²) < 4.78 is 11.0. The van der Waals surface area contributed by atoms with Crippen molar-refractivity contribution in [1.29, 1.82) is 0 Å². The zero-order valence-corrected chi connectivity index (χ0v) is 17.1. The number of amides is 1. The van der Waals surface area contributed by atoms with Gasteiger partial charge in [0.2, 0.25) is 17.6 Å². The van der Waals surface area contributed by atoms with Crippen LogP contribution >= 0.6 is 11.6 Å².